The van der Waals surface area contributed by atoms with Gasteiger partial charge in [-0.2, -0.15) is 0 Å². The Morgan fingerprint density at radius 1 is 1.28 bits per heavy atom. The first-order chi connectivity index (χ1) is 13.8. The maximum absolute atomic E-state index is 11.9. The van der Waals surface area contributed by atoms with Crippen molar-refractivity contribution in [3.8, 4) is 5.75 Å². The van der Waals surface area contributed by atoms with E-state index in [1.54, 1.807) is 12.0 Å². The van der Waals surface area contributed by atoms with E-state index < -0.39 is 14.3 Å². The van der Waals surface area contributed by atoms with E-state index in [-0.39, 0.29) is 5.91 Å². The van der Waals surface area contributed by atoms with Gasteiger partial charge in [0.05, 0.1) is 21.8 Å². The van der Waals surface area contributed by atoms with Crippen molar-refractivity contribution in [3.63, 3.8) is 0 Å². The predicted molar refractivity (Wildman–Crippen MR) is 120 cm³/mol. The number of amides is 1. The Morgan fingerprint density at radius 3 is 2.62 bits per heavy atom. The summed E-state index contributed by atoms with van der Waals surface area (Å²) in [5.41, 5.74) is 1.68. The van der Waals surface area contributed by atoms with Gasteiger partial charge >= 0.3 is 0 Å². The number of piperidine rings is 1. The third-order valence-electron chi connectivity index (χ3n) is 5.55. The van der Waals surface area contributed by atoms with Gasteiger partial charge in [0.15, 0.2) is 0 Å². The molecule has 1 aromatic carbocycles. The summed E-state index contributed by atoms with van der Waals surface area (Å²) in [5.74, 6) is 0.933. The van der Waals surface area contributed by atoms with Crippen molar-refractivity contribution >= 4 is 14.0 Å². The first kappa shape index (κ1) is 23.6. The first-order valence-corrected chi connectivity index (χ1v) is 14.2. The van der Waals surface area contributed by atoms with Gasteiger partial charge in [-0.3, -0.25) is 4.79 Å². The second-order valence-corrected chi connectivity index (χ2v) is 14.3. The highest BCUT2D eigenvalue weighted by molar-refractivity contribution is 6.78. The quantitative estimate of drug-likeness (QED) is 0.324. The van der Waals surface area contributed by atoms with E-state index in [0.29, 0.717) is 31.5 Å². The van der Waals surface area contributed by atoms with Gasteiger partial charge < -0.3 is 19.5 Å². The van der Waals surface area contributed by atoms with Gasteiger partial charge in [0.2, 0.25) is 5.91 Å². The zero-order valence-corrected chi connectivity index (χ0v) is 19.4. The minimum atomic E-state index is -1.36. The van der Waals surface area contributed by atoms with Crippen molar-refractivity contribution in [1.82, 2.24) is 4.90 Å². The molecule has 1 N–H and O–H groups in total. The van der Waals surface area contributed by atoms with E-state index in [1.807, 2.05) is 24.3 Å². The monoisotopic (exact) mass is 419 g/mol. The number of ether oxygens (including phenoxy) is 2. The Balaban J connectivity index is 1.76. The molecular weight excluding hydrogens is 382 g/mol. The summed E-state index contributed by atoms with van der Waals surface area (Å²) >= 11 is 0. The molecule has 0 radical (unpaired) electrons. The molecule has 5 nitrogen and oxygen atoms in total. The number of aliphatic hydroxyl groups is 1. The lowest BCUT2D eigenvalue weighted by Crippen LogP contribution is -2.43. The van der Waals surface area contributed by atoms with Crippen molar-refractivity contribution in [2.45, 2.75) is 70.1 Å². The SMILES string of the molecule is COc1ccc(COCCC(/C=C/CCN2C(=O)CCCC2O)[Si](C)(C)C)cc1. The molecule has 29 heavy (non-hydrogen) atoms. The second kappa shape index (κ2) is 11.5. The molecule has 6 heteroatoms. The maximum Gasteiger partial charge on any atom is 0.224 e. The van der Waals surface area contributed by atoms with Crippen LogP contribution in [0.5, 0.6) is 5.75 Å². The first-order valence-electron chi connectivity index (χ1n) is 10.7. The second-order valence-electron chi connectivity index (χ2n) is 8.84. The van der Waals surface area contributed by atoms with Gasteiger partial charge in [0, 0.05) is 19.6 Å². The lowest BCUT2D eigenvalue weighted by atomic mass is 10.1. The normalized spacial score (nSPS) is 19.0. The van der Waals surface area contributed by atoms with Crippen LogP contribution >= 0.6 is 0 Å². The minimum Gasteiger partial charge on any atom is -0.497 e. The maximum atomic E-state index is 11.9. The number of likely N-dealkylation sites (tertiary alicyclic amines) is 1. The average Bonchev–Trinajstić information content (AvgIpc) is 2.68. The van der Waals surface area contributed by atoms with Crippen molar-refractivity contribution in [2.75, 3.05) is 20.3 Å². The molecule has 2 rings (SSSR count). The van der Waals surface area contributed by atoms with Gasteiger partial charge in [-0.25, -0.2) is 0 Å². The smallest absolute Gasteiger partial charge is 0.224 e. The molecule has 1 aromatic rings. The van der Waals surface area contributed by atoms with Crippen LogP contribution in [-0.4, -0.2) is 50.5 Å². The highest BCUT2D eigenvalue weighted by Crippen LogP contribution is 2.27. The molecule has 0 saturated carbocycles. The number of hydrogen-bond donors (Lipinski definition) is 1. The average molecular weight is 420 g/mol. The predicted octanol–water partition coefficient (Wildman–Crippen LogP) is 4.59. The van der Waals surface area contributed by atoms with Crippen molar-refractivity contribution < 1.29 is 19.4 Å². The number of rotatable bonds is 11. The largest absolute Gasteiger partial charge is 0.497 e. The van der Waals surface area contributed by atoms with Crippen LogP contribution in [0.1, 0.15) is 37.7 Å². The minimum absolute atomic E-state index is 0.0748. The topological polar surface area (TPSA) is 59.0 Å². The lowest BCUT2D eigenvalue weighted by molar-refractivity contribution is -0.146. The van der Waals surface area contributed by atoms with Crippen molar-refractivity contribution in [1.29, 1.82) is 0 Å². The van der Waals surface area contributed by atoms with Crippen molar-refractivity contribution in [2.24, 2.45) is 0 Å². The Bertz CT molecular complexity index is 654. The molecular formula is C23H37NO4Si. The fourth-order valence-corrected chi connectivity index (χ4v) is 5.29. The summed E-state index contributed by atoms with van der Waals surface area (Å²) in [7, 11) is 0.311. The van der Waals surface area contributed by atoms with E-state index in [1.165, 1.54) is 0 Å². The summed E-state index contributed by atoms with van der Waals surface area (Å²) < 4.78 is 11.1. The highest BCUT2D eigenvalue weighted by Gasteiger charge is 2.26. The number of methoxy groups -OCH3 is 1. The summed E-state index contributed by atoms with van der Waals surface area (Å²) in [6.07, 6.45) is 7.72. The molecule has 162 valence electrons. The fraction of sp³-hybridized carbons (Fsp3) is 0.609. The van der Waals surface area contributed by atoms with Crippen molar-refractivity contribution in [3.05, 3.63) is 42.0 Å². The third kappa shape index (κ3) is 7.95. The molecule has 1 heterocycles. The Morgan fingerprint density at radius 2 is 2.00 bits per heavy atom. The Hall–Kier alpha value is -1.63. The molecule has 1 saturated heterocycles. The van der Waals surface area contributed by atoms with Gasteiger partial charge in [0.1, 0.15) is 12.0 Å². The summed E-state index contributed by atoms with van der Waals surface area (Å²) in [6, 6.07) is 7.97. The van der Waals surface area contributed by atoms with E-state index in [0.717, 1.165) is 37.2 Å². The number of hydrogen-bond acceptors (Lipinski definition) is 4. The van der Waals surface area contributed by atoms with Crippen LogP contribution < -0.4 is 4.74 Å². The molecule has 2 unspecified atom stereocenters. The number of aliphatic hydroxyl groups excluding tert-OH is 1. The zero-order valence-electron chi connectivity index (χ0n) is 18.4. The fourth-order valence-electron chi connectivity index (χ4n) is 3.59. The van der Waals surface area contributed by atoms with E-state index in [4.69, 9.17) is 9.47 Å². The number of carbonyl (C=O) groups is 1. The van der Waals surface area contributed by atoms with Gasteiger partial charge in [-0.1, -0.05) is 43.9 Å². The van der Waals surface area contributed by atoms with Gasteiger partial charge in [0.25, 0.3) is 0 Å². The number of allylic oxidation sites excluding steroid dienone is 1. The molecule has 0 aliphatic carbocycles. The number of benzene rings is 1. The molecule has 1 aliphatic heterocycles. The van der Waals surface area contributed by atoms with Crippen LogP contribution in [0, 0.1) is 0 Å². The number of carbonyl (C=O) groups excluding carboxylic acids is 1. The van der Waals surface area contributed by atoms with Crippen LogP contribution in [0.15, 0.2) is 36.4 Å². The van der Waals surface area contributed by atoms with Gasteiger partial charge in [-0.15, -0.1) is 0 Å². The van der Waals surface area contributed by atoms with E-state index in [9.17, 15) is 9.90 Å². The van der Waals surface area contributed by atoms with Crippen LogP contribution in [0.4, 0.5) is 0 Å². The molecule has 0 aromatic heterocycles. The molecule has 2 atom stereocenters. The zero-order chi connectivity index (χ0) is 21.3. The molecule has 1 aliphatic rings. The van der Waals surface area contributed by atoms with Crippen LogP contribution in [0.25, 0.3) is 0 Å². The van der Waals surface area contributed by atoms with Gasteiger partial charge in [-0.05, 0) is 48.9 Å². The van der Waals surface area contributed by atoms with E-state index in [2.05, 4.69) is 31.8 Å². The summed E-state index contributed by atoms with van der Waals surface area (Å²) in [6.45, 7) is 9.08. The number of nitrogens with zero attached hydrogens (tertiary/aromatic N) is 1. The molecule has 0 spiro atoms. The van der Waals surface area contributed by atoms with E-state index >= 15 is 0 Å². The van der Waals surface area contributed by atoms with Crippen LogP contribution in [0.3, 0.4) is 0 Å². The standard InChI is InChI=1S/C23H37NO4Si/c1-27-20-13-11-19(12-14-20)18-28-17-15-21(29(2,3)4)8-5-6-16-24-22(25)9-7-10-23(24)26/h5,8,11-14,21-22,25H,6-7,9-10,15-18H2,1-4H3/b8-5+. The Labute approximate surface area is 176 Å². The van der Waals surface area contributed by atoms with Crippen LogP contribution in [0.2, 0.25) is 25.2 Å². The summed E-state index contributed by atoms with van der Waals surface area (Å²) in [4.78, 5) is 13.6. The highest BCUT2D eigenvalue weighted by atomic mass is 28.3. The summed E-state index contributed by atoms with van der Waals surface area (Å²) in [5, 5.41) is 10.0. The lowest BCUT2D eigenvalue weighted by Gasteiger charge is -2.31. The van der Waals surface area contributed by atoms with Crippen LogP contribution in [-0.2, 0) is 16.1 Å². The molecule has 1 amide bonds. The third-order valence-corrected chi connectivity index (χ3v) is 8.26. The molecule has 0 bridgehead atoms. The Kier molecular flexibility index (Phi) is 9.40. The molecule has 1 fully saturated rings.